The molecule has 17 heavy (non-hydrogen) atoms. The summed E-state index contributed by atoms with van der Waals surface area (Å²) in [6.07, 6.45) is 0.871. The third-order valence-corrected chi connectivity index (χ3v) is 2.65. The summed E-state index contributed by atoms with van der Waals surface area (Å²) in [6.45, 7) is 6.11. The number of aliphatic hydroxyl groups excluding tert-OH is 1. The maximum atomic E-state index is 11.5. The molecule has 1 rings (SSSR count). The molecule has 1 aromatic rings. The van der Waals surface area contributed by atoms with Crippen LogP contribution in [0.25, 0.3) is 0 Å². The van der Waals surface area contributed by atoms with Gasteiger partial charge < -0.3 is 10.0 Å². The Kier molecular flexibility index (Phi) is 4.63. The number of nitrogens with zero attached hydrogens (tertiary/aromatic N) is 2. The molecule has 0 aromatic carbocycles. The summed E-state index contributed by atoms with van der Waals surface area (Å²) in [7, 11) is 1.66. The molecule has 1 atom stereocenters. The fourth-order valence-corrected chi connectivity index (χ4v) is 1.51. The topological polar surface area (TPSA) is 53.4 Å². The molecule has 1 N–H and O–H groups in total. The van der Waals surface area contributed by atoms with Gasteiger partial charge in [-0.05, 0) is 24.5 Å². The van der Waals surface area contributed by atoms with Crippen LogP contribution < -0.4 is 0 Å². The standard InChI is InChI=1S/C13H20N2O2/c1-9(2)11-5-6-12(14-7-11)8-15(4)13(17)10(3)16/h5-7,9-10,16H,8H2,1-4H3. The highest BCUT2D eigenvalue weighted by Crippen LogP contribution is 2.13. The second-order valence-corrected chi connectivity index (χ2v) is 4.61. The van der Waals surface area contributed by atoms with Gasteiger partial charge in [-0.3, -0.25) is 9.78 Å². The van der Waals surface area contributed by atoms with Crippen LogP contribution in [0, 0.1) is 0 Å². The number of likely N-dealkylation sites (N-methyl/N-ethyl adjacent to an activating group) is 1. The molecular weight excluding hydrogens is 216 g/mol. The Balaban J connectivity index is 2.66. The highest BCUT2D eigenvalue weighted by atomic mass is 16.3. The van der Waals surface area contributed by atoms with E-state index in [2.05, 4.69) is 18.8 Å². The number of amides is 1. The lowest BCUT2D eigenvalue weighted by atomic mass is 10.1. The Hall–Kier alpha value is -1.42. The van der Waals surface area contributed by atoms with Crippen molar-refractivity contribution >= 4 is 5.91 Å². The van der Waals surface area contributed by atoms with Gasteiger partial charge in [0.15, 0.2) is 0 Å². The van der Waals surface area contributed by atoms with E-state index in [1.807, 2.05) is 18.3 Å². The Morgan fingerprint density at radius 2 is 2.06 bits per heavy atom. The molecule has 1 heterocycles. The van der Waals surface area contributed by atoms with E-state index in [0.29, 0.717) is 12.5 Å². The first-order chi connectivity index (χ1) is 7.91. The molecule has 0 aliphatic rings. The zero-order valence-electron chi connectivity index (χ0n) is 10.8. The molecular formula is C13H20N2O2. The lowest BCUT2D eigenvalue weighted by Crippen LogP contribution is -2.34. The molecule has 0 saturated carbocycles. The Bertz CT molecular complexity index is 372. The van der Waals surface area contributed by atoms with Gasteiger partial charge >= 0.3 is 0 Å². The van der Waals surface area contributed by atoms with Crippen molar-refractivity contribution in [1.82, 2.24) is 9.88 Å². The summed E-state index contributed by atoms with van der Waals surface area (Å²) in [5, 5.41) is 9.17. The highest BCUT2D eigenvalue weighted by Gasteiger charge is 2.15. The molecule has 0 radical (unpaired) electrons. The zero-order valence-corrected chi connectivity index (χ0v) is 10.8. The summed E-state index contributed by atoms with van der Waals surface area (Å²) >= 11 is 0. The van der Waals surface area contributed by atoms with Crippen LogP contribution in [0.3, 0.4) is 0 Å². The van der Waals surface area contributed by atoms with Gasteiger partial charge in [0.05, 0.1) is 12.2 Å². The molecule has 1 aromatic heterocycles. The minimum absolute atomic E-state index is 0.292. The van der Waals surface area contributed by atoms with E-state index < -0.39 is 6.10 Å². The second-order valence-electron chi connectivity index (χ2n) is 4.61. The van der Waals surface area contributed by atoms with Crippen LogP contribution in [0.4, 0.5) is 0 Å². The largest absolute Gasteiger partial charge is 0.384 e. The Labute approximate surface area is 102 Å². The number of aliphatic hydroxyl groups is 1. The Morgan fingerprint density at radius 1 is 1.41 bits per heavy atom. The monoisotopic (exact) mass is 236 g/mol. The molecule has 0 spiro atoms. The maximum Gasteiger partial charge on any atom is 0.251 e. The number of carbonyl (C=O) groups is 1. The van der Waals surface area contributed by atoms with Crippen molar-refractivity contribution < 1.29 is 9.90 Å². The van der Waals surface area contributed by atoms with Gasteiger partial charge in [0.1, 0.15) is 6.10 Å². The first-order valence-corrected chi connectivity index (χ1v) is 5.79. The molecule has 0 saturated heterocycles. The molecule has 1 amide bonds. The zero-order chi connectivity index (χ0) is 13.0. The van der Waals surface area contributed by atoms with E-state index in [9.17, 15) is 9.90 Å². The van der Waals surface area contributed by atoms with E-state index in [1.165, 1.54) is 17.4 Å². The van der Waals surface area contributed by atoms with Gasteiger partial charge in [-0.1, -0.05) is 19.9 Å². The van der Waals surface area contributed by atoms with Gasteiger partial charge in [-0.15, -0.1) is 0 Å². The van der Waals surface area contributed by atoms with Crippen molar-refractivity contribution in [1.29, 1.82) is 0 Å². The van der Waals surface area contributed by atoms with Gasteiger partial charge in [-0.25, -0.2) is 0 Å². The van der Waals surface area contributed by atoms with Crippen LogP contribution in [0.2, 0.25) is 0 Å². The van der Waals surface area contributed by atoms with Gasteiger partial charge in [-0.2, -0.15) is 0 Å². The van der Waals surface area contributed by atoms with Gasteiger partial charge in [0.25, 0.3) is 5.91 Å². The summed E-state index contributed by atoms with van der Waals surface area (Å²) in [5.41, 5.74) is 2.00. The van der Waals surface area contributed by atoms with Gasteiger partial charge in [0, 0.05) is 13.2 Å². The first kappa shape index (κ1) is 13.6. The van der Waals surface area contributed by atoms with E-state index in [-0.39, 0.29) is 5.91 Å². The lowest BCUT2D eigenvalue weighted by molar-refractivity contribution is -0.138. The van der Waals surface area contributed by atoms with Crippen LogP contribution in [-0.4, -0.2) is 34.0 Å². The molecule has 0 aliphatic heterocycles. The average Bonchev–Trinajstić information content (AvgIpc) is 2.28. The van der Waals surface area contributed by atoms with E-state index in [1.54, 1.807) is 7.05 Å². The van der Waals surface area contributed by atoms with Crippen molar-refractivity contribution in [3.8, 4) is 0 Å². The highest BCUT2D eigenvalue weighted by molar-refractivity contribution is 5.79. The van der Waals surface area contributed by atoms with Crippen LogP contribution in [0.15, 0.2) is 18.3 Å². The molecule has 4 nitrogen and oxygen atoms in total. The third-order valence-electron chi connectivity index (χ3n) is 2.65. The minimum Gasteiger partial charge on any atom is -0.384 e. The smallest absolute Gasteiger partial charge is 0.251 e. The molecule has 0 aliphatic carbocycles. The number of carbonyl (C=O) groups excluding carboxylic acids is 1. The van der Waals surface area contributed by atoms with Crippen LogP contribution >= 0.6 is 0 Å². The van der Waals surface area contributed by atoms with E-state index >= 15 is 0 Å². The molecule has 0 bridgehead atoms. The van der Waals surface area contributed by atoms with Crippen molar-refractivity contribution in [2.24, 2.45) is 0 Å². The van der Waals surface area contributed by atoms with Crippen LogP contribution in [-0.2, 0) is 11.3 Å². The summed E-state index contributed by atoms with van der Waals surface area (Å²) in [5.74, 6) is 0.160. The summed E-state index contributed by atoms with van der Waals surface area (Å²) in [6, 6.07) is 3.94. The predicted molar refractivity (Wildman–Crippen MR) is 66.5 cm³/mol. The number of hydrogen-bond acceptors (Lipinski definition) is 3. The molecule has 4 heteroatoms. The lowest BCUT2D eigenvalue weighted by Gasteiger charge is -2.18. The van der Waals surface area contributed by atoms with Crippen LogP contribution in [0.5, 0.6) is 0 Å². The SMILES string of the molecule is CC(O)C(=O)N(C)Cc1ccc(C(C)C)cn1. The number of pyridine rings is 1. The molecule has 0 fully saturated rings. The third kappa shape index (κ3) is 3.82. The number of aromatic nitrogens is 1. The van der Waals surface area contributed by atoms with Gasteiger partial charge in [0.2, 0.25) is 0 Å². The van der Waals surface area contributed by atoms with Crippen molar-refractivity contribution in [2.75, 3.05) is 7.05 Å². The Morgan fingerprint density at radius 3 is 2.47 bits per heavy atom. The maximum absolute atomic E-state index is 11.5. The van der Waals surface area contributed by atoms with E-state index in [0.717, 1.165) is 5.69 Å². The second kappa shape index (κ2) is 5.77. The van der Waals surface area contributed by atoms with Crippen molar-refractivity contribution in [2.45, 2.75) is 39.3 Å². The summed E-state index contributed by atoms with van der Waals surface area (Å²) in [4.78, 5) is 17.3. The van der Waals surface area contributed by atoms with Crippen LogP contribution in [0.1, 0.15) is 37.9 Å². The average molecular weight is 236 g/mol. The number of rotatable bonds is 4. The predicted octanol–water partition coefficient (Wildman–Crippen LogP) is 1.54. The van der Waals surface area contributed by atoms with Crippen molar-refractivity contribution in [3.05, 3.63) is 29.6 Å². The fraction of sp³-hybridized carbons (Fsp3) is 0.538. The quantitative estimate of drug-likeness (QED) is 0.862. The number of hydrogen-bond donors (Lipinski definition) is 1. The molecule has 94 valence electrons. The van der Waals surface area contributed by atoms with Crippen molar-refractivity contribution in [3.63, 3.8) is 0 Å². The van der Waals surface area contributed by atoms with E-state index in [4.69, 9.17) is 0 Å². The minimum atomic E-state index is -0.963. The first-order valence-electron chi connectivity index (χ1n) is 5.79. The normalized spacial score (nSPS) is 12.6. The summed E-state index contributed by atoms with van der Waals surface area (Å²) < 4.78 is 0. The fourth-order valence-electron chi connectivity index (χ4n) is 1.51. The molecule has 1 unspecified atom stereocenters.